The lowest BCUT2D eigenvalue weighted by Gasteiger charge is -2.37. The summed E-state index contributed by atoms with van der Waals surface area (Å²) in [5, 5.41) is 3.30. The summed E-state index contributed by atoms with van der Waals surface area (Å²) in [7, 11) is 0. The summed E-state index contributed by atoms with van der Waals surface area (Å²) in [6.07, 6.45) is 5.81. The number of carbonyl (C=O) groups excluding carboxylic acids is 1. The number of carbonyl (C=O) groups is 1. The number of benzene rings is 1. The van der Waals surface area contributed by atoms with Crippen molar-refractivity contribution in [1.29, 1.82) is 0 Å². The van der Waals surface area contributed by atoms with Gasteiger partial charge >= 0.3 is 0 Å². The molecule has 0 saturated carbocycles. The molecular weight excluding hydrogens is 372 g/mol. The molecule has 1 aliphatic heterocycles. The molecule has 1 aliphatic rings. The van der Waals surface area contributed by atoms with Crippen LogP contribution in [-0.2, 0) is 6.54 Å². The molecule has 0 unspecified atom stereocenters. The molecule has 1 N–H and O–H groups in total. The van der Waals surface area contributed by atoms with Gasteiger partial charge in [-0.3, -0.25) is 19.7 Å². The number of nitrogens with zero attached hydrogens (tertiary/aromatic N) is 3. The van der Waals surface area contributed by atoms with Crippen LogP contribution in [0.5, 0.6) is 0 Å². The average molecular weight is 401 g/mol. The molecule has 1 saturated heterocycles. The Morgan fingerprint density at radius 3 is 2.57 bits per heavy atom. The van der Waals surface area contributed by atoms with Crippen molar-refractivity contribution in [3.8, 4) is 0 Å². The molecule has 154 valence electrons. The lowest BCUT2D eigenvalue weighted by atomic mass is 9.88. The average Bonchev–Trinajstić information content (AvgIpc) is 2.79. The standard InChI is InChI=1S/C25H28N4O/c1-19-9-2-3-12-22(19)25(30)28-24(23-13-5-7-15-27-23)20-10-8-16-29(17-20)18-21-11-4-6-14-26-21/h2-7,9,11-15,20,24H,8,10,16-18H2,1H3,(H,28,30)/t20-,24+/m0/s1. The molecule has 1 amide bonds. The summed E-state index contributed by atoms with van der Waals surface area (Å²) in [5.74, 6) is 0.260. The Balaban J connectivity index is 1.53. The summed E-state index contributed by atoms with van der Waals surface area (Å²) in [6, 6.07) is 19.6. The summed E-state index contributed by atoms with van der Waals surface area (Å²) in [5.41, 5.74) is 3.70. The van der Waals surface area contributed by atoms with Gasteiger partial charge < -0.3 is 5.32 Å². The first-order valence-electron chi connectivity index (χ1n) is 10.6. The van der Waals surface area contributed by atoms with Crippen LogP contribution in [-0.4, -0.2) is 33.9 Å². The molecule has 0 radical (unpaired) electrons. The third-order valence-corrected chi connectivity index (χ3v) is 5.81. The first kappa shape index (κ1) is 20.2. The molecule has 1 fully saturated rings. The molecular formula is C25H28N4O. The van der Waals surface area contributed by atoms with E-state index in [0.29, 0.717) is 5.92 Å². The lowest BCUT2D eigenvalue weighted by Crippen LogP contribution is -2.43. The molecule has 2 aromatic heterocycles. The third kappa shape index (κ3) is 4.92. The fraction of sp³-hybridized carbons (Fsp3) is 0.320. The zero-order chi connectivity index (χ0) is 20.8. The van der Waals surface area contributed by atoms with Gasteiger partial charge in [0.05, 0.1) is 17.4 Å². The van der Waals surface area contributed by atoms with Gasteiger partial charge in [-0.2, -0.15) is 0 Å². The number of likely N-dealkylation sites (tertiary alicyclic amines) is 1. The van der Waals surface area contributed by atoms with Gasteiger partial charge in [0.15, 0.2) is 0 Å². The Kier molecular flexibility index (Phi) is 6.50. The van der Waals surface area contributed by atoms with Crippen LogP contribution in [0.25, 0.3) is 0 Å². The highest BCUT2D eigenvalue weighted by Crippen LogP contribution is 2.30. The SMILES string of the molecule is Cc1ccccc1C(=O)N[C@@H](c1ccccn1)[C@H]1CCCN(Cc2ccccn2)C1. The zero-order valence-electron chi connectivity index (χ0n) is 17.4. The van der Waals surface area contributed by atoms with E-state index in [4.69, 9.17) is 0 Å². The van der Waals surface area contributed by atoms with Crippen molar-refractivity contribution < 1.29 is 4.79 Å². The first-order valence-corrected chi connectivity index (χ1v) is 10.6. The summed E-state index contributed by atoms with van der Waals surface area (Å²) < 4.78 is 0. The fourth-order valence-corrected chi connectivity index (χ4v) is 4.27. The Labute approximate surface area is 178 Å². The minimum Gasteiger partial charge on any atom is -0.343 e. The lowest BCUT2D eigenvalue weighted by molar-refractivity contribution is 0.0873. The zero-order valence-corrected chi connectivity index (χ0v) is 17.4. The van der Waals surface area contributed by atoms with Crippen molar-refractivity contribution in [3.05, 3.63) is 95.6 Å². The summed E-state index contributed by atoms with van der Waals surface area (Å²) in [6.45, 7) is 4.76. The number of piperidine rings is 1. The Morgan fingerprint density at radius 1 is 1.07 bits per heavy atom. The molecule has 0 spiro atoms. The largest absolute Gasteiger partial charge is 0.343 e. The van der Waals surface area contributed by atoms with Gasteiger partial charge in [-0.25, -0.2) is 0 Å². The van der Waals surface area contributed by atoms with Gasteiger partial charge in [0, 0.05) is 31.0 Å². The molecule has 3 heterocycles. The Bertz CT molecular complexity index is 961. The first-order chi connectivity index (χ1) is 14.7. The van der Waals surface area contributed by atoms with Crippen LogP contribution in [0.4, 0.5) is 0 Å². The van der Waals surface area contributed by atoms with Crippen molar-refractivity contribution in [1.82, 2.24) is 20.2 Å². The van der Waals surface area contributed by atoms with Crippen molar-refractivity contribution in [2.24, 2.45) is 5.92 Å². The number of hydrogen-bond acceptors (Lipinski definition) is 4. The van der Waals surface area contributed by atoms with E-state index in [0.717, 1.165) is 55.0 Å². The molecule has 1 aromatic carbocycles. The van der Waals surface area contributed by atoms with Crippen molar-refractivity contribution >= 4 is 5.91 Å². The van der Waals surface area contributed by atoms with E-state index >= 15 is 0 Å². The highest BCUT2D eigenvalue weighted by atomic mass is 16.1. The second kappa shape index (κ2) is 9.63. The molecule has 4 rings (SSSR count). The van der Waals surface area contributed by atoms with Crippen molar-refractivity contribution in [3.63, 3.8) is 0 Å². The van der Waals surface area contributed by atoms with Crippen LogP contribution in [0.3, 0.4) is 0 Å². The van der Waals surface area contributed by atoms with Crippen LogP contribution < -0.4 is 5.32 Å². The molecule has 3 aromatic rings. The maximum absolute atomic E-state index is 13.1. The predicted octanol–water partition coefficient (Wildman–Crippen LogP) is 4.17. The van der Waals surface area contributed by atoms with Crippen LogP contribution in [0.15, 0.2) is 73.1 Å². The van der Waals surface area contributed by atoms with E-state index in [1.807, 2.05) is 67.7 Å². The minimum absolute atomic E-state index is 0.0365. The van der Waals surface area contributed by atoms with Crippen LogP contribution >= 0.6 is 0 Å². The van der Waals surface area contributed by atoms with Gasteiger partial charge in [0.25, 0.3) is 5.91 Å². The number of hydrogen-bond donors (Lipinski definition) is 1. The van der Waals surface area contributed by atoms with Gasteiger partial charge in [-0.15, -0.1) is 0 Å². The highest BCUT2D eigenvalue weighted by molar-refractivity contribution is 5.95. The van der Waals surface area contributed by atoms with Crippen molar-refractivity contribution in [2.45, 2.75) is 32.4 Å². The molecule has 0 bridgehead atoms. The topological polar surface area (TPSA) is 58.1 Å². The van der Waals surface area contributed by atoms with Gasteiger partial charge in [-0.1, -0.05) is 30.3 Å². The predicted molar refractivity (Wildman–Crippen MR) is 118 cm³/mol. The summed E-state index contributed by atoms with van der Waals surface area (Å²) >= 11 is 0. The number of rotatable bonds is 6. The third-order valence-electron chi connectivity index (χ3n) is 5.81. The van der Waals surface area contributed by atoms with Gasteiger partial charge in [0.2, 0.25) is 0 Å². The fourth-order valence-electron chi connectivity index (χ4n) is 4.27. The highest BCUT2D eigenvalue weighted by Gasteiger charge is 2.31. The molecule has 5 heteroatoms. The van der Waals surface area contributed by atoms with Crippen LogP contribution in [0, 0.1) is 12.8 Å². The molecule has 0 aliphatic carbocycles. The minimum atomic E-state index is -0.121. The number of aromatic nitrogens is 2. The van der Waals surface area contributed by atoms with Gasteiger partial charge in [0.1, 0.15) is 0 Å². The number of pyridine rings is 2. The molecule has 30 heavy (non-hydrogen) atoms. The number of aryl methyl sites for hydroxylation is 1. The monoisotopic (exact) mass is 400 g/mol. The Morgan fingerprint density at radius 2 is 1.83 bits per heavy atom. The quantitative estimate of drug-likeness (QED) is 0.675. The number of amides is 1. The summed E-state index contributed by atoms with van der Waals surface area (Å²) in [4.78, 5) is 24.6. The van der Waals surface area contributed by atoms with Crippen LogP contribution in [0.2, 0.25) is 0 Å². The van der Waals surface area contributed by atoms with E-state index in [1.165, 1.54) is 0 Å². The normalized spacial score (nSPS) is 18.0. The van der Waals surface area contributed by atoms with Crippen LogP contribution in [0.1, 0.15) is 46.2 Å². The Hall–Kier alpha value is -3.05. The maximum atomic E-state index is 13.1. The smallest absolute Gasteiger partial charge is 0.252 e. The van der Waals surface area contributed by atoms with E-state index in [9.17, 15) is 4.79 Å². The number of nitrogens with one attached hydrogen (secondary N) is 1. The van der Waals surface area contributed by atoms with E-state index in [-0.39, 0.29) is 11.9 Å². The van der Waals surface area contributed by atoms with E-state index < -0.39 is 0 Å². The molecule has 5 nitrogen and oxygen atoms in total. The van der Waals surface area contributed by atoms with E-state index in [1.54, 1.807) is 6.20 Å². The maximum Gasteiger partial charge on any atom is 0.252 e. The van der Waals surface area contributed by atoms with Gasteiger partial charge in [-0.05, 0) is 68.1 Å². The van der Waals surface area contributed by atoms with E-state index in [2.05, 4.69) is 26.3 Å². The van der Waals surface area contributed by atoms with Crippen molar-refractivity contribution in [2.75, 3.05) is 13.1 Å². The second-order valence-corrected chi connectivity index (χ2v) is 7.98. The second-order valence-electron chi connectivity index (χ2n) is 7.98. The molecule has 2 atom stereocenters.